The molecule has 0 aliphatic carbocycles. The Morgan fingerprint density at radius 1 is 1.35 bits per heavy atom. The summed E-state index contributed by atoms with van der Waals surface area (Å²) in [5, 5.41) is 13.3. The number of nitro benzene ring substituents is 1. The monoisotopic (exact) mass is 286 g/mol. The predicted molar refractivity (Wildman–Crippen MR) is 69.4 cm³/mol. The molecule has 0 heterocycles. The van der Waals surface area contributed by atoms with Gasteiger partial charge in [0.05, 0.1) is 11.0 Å². The van der Waals surface area contributed by atoms with Crippen molar-refractivity contribution in [3.63, 3.8) is 0 Å². The van der Waals surface area contributed by atoms with Crippen LogP contribution in [0.2, 0.25) is 0 Å². The fourth-order valence-electron chi connectivity index (χ4n) is 1.41. The van der Waals surface area contributed by atoms with Crippen molar-refractivity contribution in [1.29, 1.82) is 0 Å². The zero-order chi connectivity index (χ0) is 15.5. The molecule has 0 radical (unpaired) electrons. The van der Waals surface area contributed by atoms with Gasteiger partial charge in [-0.05, 0) is 17.9 Å². The second-order valence-corrected chi connectivity index (χ2v) is 5.24. The molecule has 1 amide bonds. The molecule has 0 spiro atoms. The van der Waals surface area contributed by atoms with Gasteiger partial charge in [0.2, 0.25) is 0 Å². The molecule has 20 heavy (non-hydrogen) atoms. The van der Waals surface area contributed by atoms with E-state index in [1.54, 1.807) is 0 Å². The lowest BCUT2D eigenvalue weighted by Gasteiger charge is -2.22. The molecule has 110 valence electrons. The van der Waals surface area contributed by atoms with E-state index in [0.717, 1.165) is 6.42 Å². The van der Waals surface area contributed by atoms with Crippen molar-refractivity contribution in [2.45, 2.75) is 27.2 Å². The van der Waals surface area contributed by atoms with Crippen LogP contribution in [0, 0.1) is 27.2 Å². The van der Waals surface area contributed by atoms with E-state index in [2.05, 4.69) is 5.32 Å². The Hall–Kier alpha value is -2.05. The molecule has 0 unspecified atom stereocenters. The molecule has 0 bridgehead atoms. The van der Waals surface area contributed by atoms with E-state index in [9.17, 15) is 23.7 Å². The summed E-state index contributed by atoms with van der Waals surface area (Å²) in [5.41, 5.74) is -1.43. The molecular formula is C13H16F2N2O3. The minimum absolute atomic E-state index is 0.191. The molecule has 0 aromatic heterocycles. The largest absolute Gasteiger partial charge is 0.351 e. The average molecular weight is 286 g/mol. The molecule has 7 heteroatoms. The first-order chi connectivity index (χ1) is 9.18. The van der Waals surface area contributed by atoms with Crippen molar-refractivity contribution >= 4 is 11.6 Å². The van der Waals surface area contributed by atoms with E-state index in [1.165, 1.54) is 0 Å². The standard InChI is InChI=1S/C13H16F2N2O3/c1-4-13(2,3)7-16-12(18)8-5-9(14)10(15)6-11(8)17(19)20/h5-6H,4,7H2,1-3H3,(H,16,18). The predicted octanol–water partition coefficient (Wildman–Crippen LogP) is 3.04. The van der Waals surface area contributed by atoms with Crippen LogP contribution in [0.5, 0.6) is 0 Å². The van der Waals surface area contributed by atoms with Gasteiger partial charge in [-0.15, -0.1) is 0 Å². The van der Waals surface area contributed by atoms with Crippen LogP contribution < -0.4 is 5.32 Å². The van der Waals surface area contributed by atoms with Crippen LogP contribution in [0.25, 0.3) is 0 Å². The second kappa shape index (κ2) is 5.94. The summed E-state index contributed by atoms with van der Waals surface area (Å²) in [6.07, 6.45) is 0.785. The van der Waals surface area contributed by atoms with Gasteiger partial charge in [0.1, 0.15) is 5.56 Å². The molecule has 0 aliphatic heterocycles. The average Bonchev–Trinajstić information content (AvgIpc) is 2.38. The molecule has 0 fully saturated rings. The Morgan fingerprint density at radius 2 is 1.90 bits per heavy atom. The Bertz CT molecular complexity index is 545. The normalized spacial score (nSPS) is 11.2. The van der Waals surface area contributed by atoms with Gasteiger partial charge < -0.3 is 5.32 Å². The molecule has 0 saturated carbocycles. The third-order valence-corrected chi connectivity index (χ3v) is 3.16. The van der Waals surface area contributed by atoms with Gasteiger partial charge >= 0.3 is 0 Å². The molecule has 0 saturated heterocycles. The van der Waals surface area contributed by atoms with Crippen LogP contribution in [-0.2, 0) is 0 Å². The summed E-state index contributed by atoms with van der Waals surface area (Å²) in [6, 6.07) is 0.955. The number of hydrogen-bond donors (Lipinski definition) is 1. The number of carbonyl (C=O) groups excluding carboxylic acids is 1. The van der Waals surface area contributed by atoms with E-state index >= 15 is 0 Å². The van der Waals surface area contributed by atoms with Gasteiger partial charge in [-0.25, -0.2) is 8.78 Å². The first kappa shape index (κ1) is 16.0. The van der Waals surface area contributed by atoms with Crippen LogP contribution in [0.1, 0.15) is 37.6 Å². The van der Waals surface area contributed by atoms with Crippen molar-refractivity contribution in [3.05, 3.63) is 39.4 Å². The zero-order valence-corrected chi connectivity index (χ0v) is 11.5. The Kier molecular flexibility index (Phi) is 4.75. The van der Waals surface area contributed by atoms with E-state index in [-0.39, 0.29) is 12.0 Å². The SMILES string of the molecule is CCC(C)(C)CNC(=O)c1cc(F)c(F)cc1[N+](=O)[O-]. The maximum absolute atomic E-state index is 13.1. The lowest BCUT2D eigenvalue weighted by Crippen LogP contribution is -2.34. The van der Waals surface area contributed by atoms with E-state index < -0.39 is 33.7 Å². The van der Waals surface area contributed by atoms with Crippen LogP contribution in [0.3, 0.4) is 0 Å². The third-order valence-electron chi connectivity index (χ3n) is 3.16. The molecule has 1 aromatic carbocycles. The van der Waals surface area contributed by atoms with Crippen molar-refractivity contribution in [2.24, 2.45) is 5.41 Å². The number of carbonyl (C=O) groups is 1. The summed E-state index contributed by atoms with van der Waals surface area (Å²) >= 11 is 0. The highest BCUT2D eigenvalue weighted by Crippen LogP contribution is 2.23. The number of nitro groups is 1. The number of nitrogens with one attached hydrogen (secondary N) is 1. The van der Waals surface area contributed by atoms with Gasteiger partial charge in [0.25, 0.3) is 11.6 Å². The summed E-state index contributed by atoms with van der Waals surface area (Å²) in [6.45, 7) is 6.03. The highest BCUT2D eigenvalue weighted by Gasteiger charge is 2.25. The van der Waals surface area contributed by atoms with Gasteiger partial charge in [-0.1, -0.05) is 20.8 Å². The quantitative estimate of drug-likeness (QED) is 0.668. The van der Waals surface area contributed by atoms with Crippen LogP contribution in [0.15, 0.2) is 12.1 Å². The summed E-state index contributed by atoms with van der Waals surface area (Å²) in [4.78, 5) is 21.8. The Balaban J connectivity index is 3.04. The van der Waals surface area contributed by atoms with Gasteiger partial charge in [-0.3, -0.25) is 14.9 Å². The zero-order valence-electron chi connectivity index (χ0n) is 11.5. The molecular weight excluding hydrogens is 270 g/mol. The molecule has 1 aromatic rings. The highest BCUT2D eigenvalue weighted by molar-refractivity contribution is 5.98. The number of nitrogens with zero attached hydrogens (tertiary/aromatic N) is 1. The Morgan fingerprint density at radius 3 is 2.40 bits per heavy atom. The van der Waals surface area contributed by atoms with Crippen molar-refractivity contribution in [1.82, 2.24) is 5.32 Å². The number of benzene rings is 1. The van der Waals surface area contributed by atoms with E-state index in [4.69, 9.17) is 0 Å². The van der Waals surface area contributed by atoms with Gasteiger partial charge in [0.15, 0.2) is 11.6 Å². The van der Waals surface area contributed by atoms with Crippen LogP contribution in [0.4, 0.5) is 14.5 Å². The molecule has 5 nitrogen and oxygen atoms in total. The first-order valence-electron chi connectivity index (χ1n) is 6.09. The van der Waals surface area contributed by atoms with Crippen molar-refractivity contribution in [3.8, 4) is 0 Å². The van der Waals surface area contributed by atoms with Crippen LogP contribution >= 0.6 is 0 Å². The van der Waals surface area contributed by atoms with E-state index in [1.807, 2.05) is 20.8 Å². The topological polar surface area (TPSA) is 72.2 Å². The lowest BCUT2D eigenvalue weighted by molar-refractivity contribution is -0.385. The van der Waals surface area contributed by atoms with Crippen molar-refractivity contribution in [2.75, 3.05) is 6.54 Å². The second-order valence-electron chi connectivity index (χ2n) is 5.24. The number of amides is 1. The molecule has 0 aliphatic rings. The molecule has 1 N–H and O–H groups in total. The first-order valence-corrected chi connectivity index (χ1v) is 6.09. The fraction of sp³-hybridized carbons (Fsp3) is 0.462. The van der Waals surface area contributed by atoms with Crippen molar-refractivity contribution < 1.29 is 18.5 Å². The summed E-state index contributed by atoms with van der Waals surface area (Å²) < 4.78 is 26.1. The number of rotatable bonds is 5. The van der Waals surface area contributed by atoms with E-state index in [0.29, 0.717) is 12.1 Å². The third kappa shape index (κ3) is 3.72. The fourth-order valence-corrected chi connectivity index (χ4v) is 1.41. The number of hydrogen-bond acceptors (Lipinski definition) is 3. The molecule has 1 rings (SSSR count). The molecule has 0 atom stereocenters. The number of halogens is 2. The highest BCUT2D eigenvalue weighted by atomic mass is 19.2. The maximum atomic E-state index is 13.1. The minimum Gasteiger partial charge on any atom is -0.351 e. The smallest absolute Gasteiger partial charge is 0.285 e. The lowest BCUT2D eigenvalue weighted by atomic mass is 9.90. The minimum atomic E-state index is -1.36. The Labute approximate surface area is 115 Å². The summed E-state index contributed by atoms with van der Waals surface area (Å²) in [7, 11) is 0. The van der Waals surface area contributed by atoms with Gasteiger partial charge in [0, 0.05) is 6.54 Å². The van der Waals surface area contributed by atoms with Crippen LogP contribution in [-0.4, -0.2) is 17.4 Å². The maximum Gasteiger partial charge on any atom is 0.285 e. The summed E-state index contributed by atoms with van der Waals surface area (Å²) in [5.74, 6) is -3.45. The van der Waals surface area contributed by atoms with Gasteiger partial charge in [-0.2, -0.15) is 0 Å².